The molecule has 0 heterocycles. The minimum absolute atomic E-state index is 0. The molecule has 2 heteroatoms. The Hall–Kier alpha value is -1.31. The molecule has 0 aromatic carbocycles. The summed E-state index contributed by atoms with van der Waals surface area (Å²) < 4.78 is 0. The van der Waals surface area contributed by atoms with Crippen LogP contribution in [0.1, 0.15) is 1.43 Å². The molecule has 0 rings (SSSR count). The Kier molecular flexibility index (Phi) is 4.14. The van der Waals surface area contributed by atoms with Gasteiger partial charge in [-0.1, -0.05) is 18.7 Å². The van der Waals surface area contributed by atoms with Gasteiger partial charge in [0.15, 0.2) is 0 Å². The number of carbonyl (C=O) groups is 1. The smallest absolute Gasteiger partial charge is 0.150 e. The van der Waals surface area contributed by atoms with Gasteiger partial charge in [-0.05, 0) is 12.3 Å². The SMILES string of the molecule is C=C/C(C=O)=C\C=C\N.[HH]. The third-order valence-corrected chi connectivity index (χ3v) is 0.772. The van der Waals surface area contributed by atoms with E-state index in [2.05, 4.69) is 6.58 Å². The van der Waals surface area contributed by atoms with Crippen molar-refractivity contribution in [3.05, 3.63) is 36.6 Å². The molecule has 0 aliphatic carbocycles. The zero-order valence-electron chi connectivity index (χ0n) is 5.08. The van der Waals surface area contributed by atoms with Crippen molar-refractivity contribution in [3.8, 4) is 0 Å². The molecule has 50 valence electrons. The highest BCUT2D eigenvalue weighted by Gasteiger charge is 1.79. The molecule has 0 aliphatic rings. The van der Waals surface area contributed by atoms with Gasteiger partial charge >= 0.3 is 0 Å². The van der Waals surface area contributed by atoms with Crippen LogP contribution in [-0.2, 0) is 4.79 Å². The van der Waals surface area contributed by atoms with Crippen LogP contribution in [0.3, 0.4) is 0 Å². The summed E-state index contributed by atoms with van der Waals surface area (Å²) >= 11 is 0. The lowest BCUT2D eigenvalue weighted by molar-refractivity contribution is -0.104. The second-order valence-electron chi connectivity index (χ2n) is 1.37. The van der Waals surface area contributed by atoms with Gasteiger partial charge in [0.2, 0.25) is 0 Å². The van der Waals surface area contributed by atoms with E-state index in [1.807, 2.05) is 0 Å². The standard InChI is InChI=1S/C7H9NO.H2/c1-2-7(6-9)4-3-5-8;/h2-6H,1,8H2;1H/b5-3+,7-4+;. The largest absolute Gasteiger partial charge is 0.405 e. The van der Waals surface area contributed by atoms with Crippen molar-refractivity contribution in [2.75, 3.05) is 0 Å². The van der Waals surface area contributed by atoms with Gasteiger partial charge in [-0.2, -0.15) is 0 Å². The van der Waals surface area contributed by atoms with Crippen molar-refractivity contribution in [1.82, 2.24) is 0 Å². The van der Waals surface area contributed by atoms with E-state index < -0.39 is 0 Å². The predicted octanol–water partition coefficient (Wildman–Crippen LogP) is 1.02. The Bertz CT molecular complexity index is 151. The first kappa shape index (κ1) is 7.69. The molecule has 0 atom stereocenters. The number of rotatable bonds is 3. The van der Waals surface area contributed by atoms with Crippen molar-refractivity contribution in [2.24, 2.45) is 5.73 Å². The Morgan fingerprint density at radius 2 is 2.33 bits per heavy atom. The van der Waals surface area contributed by atoms with Crippen molar-refractivity contribution < 1.29 is 6.22 Å². The zero-order chi connectivity index (χ0) is 7.11. The van der Waals surface area contributed by atoms with Crippen LogP contribution < -0.4 is 5.73 Å². The highest BCUT2D eigenvalue weighted by molar-refractivity contribution is 5.77. The maximum atomic E-state index is 10.0. The van der Waals surface area contributed by atoms with Crippen molar-refractivity contribution in [1.29, 1.82) is 0 Å². The minimum Gasteiger partial charge on any atom is -0.405 e. The first-order valence-corrected chi connectivity index (χ1v) is 2.51. The first-order chi connectivity index (χ1) is 4.35. The summed E-state index contributed by atoms with van der Waals surface area (Å²) in [6.45, 7) is 3.41. The number of aldehydes is 1. The van der Waals surface area contributed by atoms with E-state index in [0.717, 1.165) is 0 Å². The molecule has 2 N–H and O–H groups in total. The molecule has 0 aromatic rings. The molecule has 0 fully saturated rings. The summed E-state index contributed by atoms with van der Waals surface area (Å²) in [6, 6.07) is 0. The van der Waals surface area contributed by atoms with Crippen molar-refractivity contribution in [3.63, 3.8) is 0 Å². The van der Waals surface area contributed by atoms with Gasteiger partial charge in [0, 0.05) is 7.00 Å². The van der Waals surface area contributed by atoms with E-state index in [9.17, 15) is 4.79 Å². The summed E-state index contributed by atoms with van der Waals surface area (Å²) in [4.78, 5) is 10.0. The zero-order valence-corrected chi connectivity index (χ0v) is 5.08. The molecular weight excluding hydrogens is 114 g/mol. The average Bonchev–Trinajstić information content (AvgIpc) is 1.91. The number of hydrogen-bond acceptors (Lipinski definition) is 2. The number of nitrogens with two attached hydrogens (primary N) is 1. The lowest BCUT2D eigenvalue weighted by Crippen LogP contribution is -1.77. The molecule has 0 unspecified atom stereocenters. The lowest BCUT2D eigenvalue weighted by Gasteiger charge is -1.80. The van der Waals surface area contributed by atoms with Crippen LogP contribution >= 0.6 is 0 Å². The Balaban J connectivity index is 0. The fraction of sp³-hybridized carbons (Fsp3) is 0. The third-order valence-electron chi connectivity index (χ3n) is 0.772. The summed E-state index contributed by atoms with van der Waals surface area (Å²) in [7, 11) is 0. The summed E-state index contributed by atoms with van der Waals surface area (Å²) in [5, 5.41) is 0. The molecule has 0 saturated heterocycles. The fourth-order valence-electron chi connectivity index (χ4n) is 0.322. The Morgan fingerprint density at radius 1 is 1.67 bits per heavy atom. The molecule has 9 heavy (non-hydrogen) atoms. The summed E-state index contributed by atoms with van der Waals surface area (Å²) in [5.41, 5.74) is 5.54. The molecule has 0 aromatic heterocycles. The number of carbonyl (C=O) groups excluding carboxylic acids is 1. The highest BCUT2D eigenvalue weighted by atomic mass is 16.1. The Morgan fingerprint density at radius 3 is 2.67 bits per heavy atom. The Labute approximate surface area is 55.8 Å². The van der Waals surface area contributed by atoms with E-state index in [4.69, 9.17) is 5.73 Å². The van der Waals surface area contributed by atoms with Crippen LogP contribution in [0.15, 0.2) is 36.6 Å². The topological polar surface area (TPSA) is 43.1 Å². The predicted molar refractivity (Wildman–Crippen MR) is 39.8 cm³/mol. The maximum absolute atomic E-state index is 10.0. The maximum Gasteiger partial charge on any atom is 0.150 e. The summed E-state index contributed by atoms with van der Waals surface area (Å²) in [5.74, 6) is 0. The van der Waals surface area contributed by atoms with E-state index >= 15 is 0 Å². The molecule has 0 amide bonds. The quantitative estimate of drug-likeness (QED) is 0.347. The highest BCUT2D eigenvalue weighted by Crippen LogP contribution is 1.88. The van der Waals surface area contributed by atoms with Gasteiger partial charge in [-0.15, -0.1) is 0 Å². The average molecular weight is 125 g/mol. The fourth-order valence-corrected chi connectivity index (χ4v) is 0.322. The van der Waals surface area contributed by atoms with Gasteiger partial charge in [0.1, 0.15) is 6.29 Å². The summed E-state index contributed by atoms with van der Waals surface area (Å²) in [6.07, 6.45) is 6.69. The molecule has 2 nitrogen and oxygen atoms in total. The van der Waals surface area contributed by atoms with Gasteiger partial charge in [-0.25, -0.2) is 0 Å². The first-order valence-electron chi connectivity index (χ1n) is 2.51. The van der Waals surface area contributed by atoms with Gasteiger partial charge in [0.25, 0.3) is 0 Å². The molecule has 0 radical (unpaired) electrons. The van der Waals surface area contributed by atoms with Crippen LogP contribution in [0, 0.1) is 0 Å². The van der Waals surface area contributed by atoms with Gasteiger partial charge in [0.05, 0.1) is 0 Å². The molecule has 0 bridgehead atoms. The molecule has 0 saturated carbocycles. The van der Waals surface area contributed by atoms with E-state index in [0.29, 0.717) is 11.9 Å². The van der Waals surface area contributed by atoms with Crippen LogP contribution in [0.2, 0.25) is 0 Å². The van der Waals surface area contributed by atoms with E-state index in [-0.39, 0.29) is 1.43 Å². The van der Waals surface area contributed by atoms with Crippen LogP contribution in [0.4, 0.5) is 0 Å². The molecular formula is C7H11NO. The van der Waals surface area contributed by atoms with Gasteiger partial charge in [-0.3, -0.25) is 4.79 Å². The van der Waals surface area contributed by atoms with Gasteiger partial charge < -0.3 is 5.73 Å². The van der Waals surface area contributed by atoms with Crippen molar-refractivity contribution >= 4 is 6.29 Å². The van der Waals surface area contributed by atoms with Crippen LogP contribution in [0.5, 0.6) is 0 Å². The lowest BCUT2D eigenvalue weighted by atomic mass is 10.3. The third kappa shape index (κ3) is 3.29. The number of hydrogen-bond donors (Lipinski definition) is 1. The second kappa shape index (κ2) is 4.84. The molecule has 0 spiro atoms. The second-order valence-corrected chi connectivity index (χ2v) is 1.37. The van der Waals surface area contributed by atoms with E-state index in [1.54, 1.807) is 12.2 Å². The normalized spacial score (nSPS) is 11.8. The number of allylic oxidation sites excluding steroid dienone is 4. The van der Waals surface area contributed by atoms with Crippen LogP contribution in [0.25, 0.3) is 0 Å². The van der Waals surface area contributed by atoms with E-state index in [1.165, 1.54) is 12.3 Å². The monoisotopic (exact) mass is 125 g/mol. The van der Waals surface area contributed by atoms with Crippen LogP contribution in [-0.4, -0.2) is 6.29 Å². The minimum atomic E-state index is 0. The molecule has 0 aliphatic heterocycles. The van der Waals surface area contributed by atoms with Crippen molar-refractivity contribution in [2.45, 2.75) is 0 Å².